The van der Waals surface area contributed by atoms with Crippen molar-refractivity contribution in [2.75, 3.05) is 0 Å². The fourth-order valence-electron chi connectivity index (χ4n) is 1.52. The zero-order valence-electron chi connectivity index (χ0n) is 9.40. The van der Waals surface area contributed by atoms with E-state index in [2.05, 4.69) is 5.32 Å². The SMILES string of the molecule is CCC(NC(C)C(=O)O)c1ccc(F)cc1. The molecule has 0 aliphatic rings. The number of nitrogens with one attached hydrogen (secondary N) is 1. The summed E-state index contributed by atoms with van der Waals surface area (Å²) in [5.74, 6) is -1.18. The lowest BCUT2D eigenvalue weighted by Gasteiger charge is -2.20. The molecule has 0 spiro atoms. The van der Waals surface area contributed by atoms with E-state index in [1.165, 1.54) is 12.1 Å². The normalized spacial score (nSPS) is 14.4. The van der Waals surface area contributed by atoms with Crippen molar-refractivity contribution in [3.05, 3.63) is 35.6 Å². The maximum Gasteiger partial charge on any atom is 0.320 e. The Balaban J connectivity index is 2.74. The second kappa shape index (κ2) is 5.61. The Morgan fingerprint density at radius 1 is 1.44 bits per heavy atom. The second-order valence-corrected chi connectivity index (χ2v) is 3.74. The first kappa shape index (κ1) is 12.6. The Hall–Kier alpha value is -1.42. The van der Waals surface area contributed by atoms with Crippen LogP contribution in [0.5, 0.6) is 0 Å². The number of rotatable bonds is 5. The fourth-order valence-corrected chi connectivity index (χ4v) is 1.52. The first-order chi connectivity index (χ1) is 7.54. The van der Waals surface area contributed by atoms with Crippen molar-refractivity contribution in [3.8, 4) is 0 Å². The largest absolute Gasteiger partial charge is 0.480 e. The molecule has 88 valence electrons. The second-order valence-electron chi connectivity index (χ2n) is 3.74. The molecule has 1 aromatic carbocycles. The van der Waals surface area contributed by atoms with Crippen molar-refractivity contribution in [1.29, 1.82) is 0 Å². The Bertz CT molecular complexity index is 351. The van der Waals surface area contributed by atoms with E-state index in [1.807, 2.05) is 6.92 Å². The number of carbonyl (C=O) groups is 1. The van der Waals surface area contributed by atoms with Gasteiger partial charge in [-0.3, -0.25) is 10.1 Å². The Kier molecular flexibility index (Phi) is 4.43. The molecule has 16 heavy (non-hydrogen) atoms. The lowest BCUT2D eigenvalue weighted by Crippen LogP contribution is -2.36. The topological polar surface area (TPSA) is 49.3 Å². The van der Waals surface area contributed by atoms with Gasteiger partial charge in [-0.05, 0) is 31.0 Å². The molecule has 0 aliphatic carbocycles. The van der Waals surface area contributed by atoms with E-state index in [0.29, 0.717) is 0 Å². The maximum atomic E-state index is 12.7. The molecule has 4 heteroatoms. The molecule has 0 fully saturated rings. The molecule has 0 bridgehead atoms. The smallest absolute Gasteiger partial charge is 0.320 e. The first-order valence-electron chi connectivity index (χ1n) is 5.29. The van der Waals surface area contributed by atoms with Gasteiger partial charge in [-0.2, -0.15) is 0 Å². The van der Waals surface area contributed by atoms with Crippen LogP contribution >= 0.6 is 0 Å². The minimum atomic E-state index is -0.888. The van der Waals surface area contributed by atoms with Crippen LogP contribution in [0, 0.1) is 5.82 Å². The van der Waals surface area contributed by atoms with E-state index in [-0.39, 0.29) is 11.9 Å². The summed E-state index contributed by atoms with van der Waals surface area (Å²) in [6, 6.07) is 5.42. The van der Waals surface area contributed by atoms with Crippen LogP contribution in [-0.2, 0) is 4.79 Å². The number of halogens is 1. The molecule has 3 nitrogen and oxygen atoms in total. The molecule has 2 atom stereocenters. The lowest BCUT2D eigenvalue weighted by molar-refractivity contribution is -0.139. The van der Waals surface area contributed by atoms with Gasteiger partial charge >= 0.3 is 5.97 Å². The van der Waals surface area contributed by atoms with Crippen LogP contribution in [0.4, 0.5) is 4.39 Å². The van der Waals surface area contributed by atoms with E-state index in [1.54, 1.807) is 19.1 Å². The van der Waals surface area contributed by atoms with E-state index >= 15 is 0 Å². The van der Waals surface area contributed by atoms with E-state index < -0.39 is 12.0 Å². The summed E-state index contributed by atoms with van der Waals surface area (Å²) < 4.78 is 12.7. The van der Waals surface area contributed by atoms with Crippen LogP contribution in [0.25, 0.3) is 0 Å². The van der Waals surface area contributed by atoms with Gasteiger partial charge < -0.3 is 5.11 Å². The zero-order chi connectivity index (χ0) is 12.1. The van der Waals surface area contributed by atoms with Gasteiger partial charge in [0.2, 0.25) is 0 Å². The third-order valence-corrected chi connectivity index (χ3v) is 2.50. The maximum absolute atomic E-state index is 12.7. The Morgan fingerprint density at radius 2 is 2.00 bits per heavy atom. The summed E-state index contributed by atoms with van der Waals surface area (Å²) in [5.41, 5.74) is 0.900. The van der Waals surface area contributed by atoms with Crippen molar-refractivity contribution in [2.45, 2.75) is 32.4 Å². The highest BCUT2D eigenvalue weighted by Gasteiger charge is 2.16. The van der Waals surface area contributed by atoms with Crippen LogP contribution in [-0.4, -0.2) is 17.1 Å². The molecule has 0 aliphatic heterocycles. The van der Waals surface area contributed by atoms with Gasteiger partial charge in [0, 0.05) is 6.04 Å². The number of benzene rings is 1. The summed E-state index contributed by atoms with van der Waals surface area (Å²) in [5, 5.41) is 11.8. The van der Waals surface area contributed by atoms with Crippen molar-refractivity contribution in [2.24, 2.45) is 0 Å². The fraction of sp³-hybridized carbons (Fsp3) is 0.417. The lowest BCUT2D eigenvalue weighted by atomic mass is 10.0. The summed E-state index contributed by atoms with van der Waals surface area (Å²) in [6.07, 6.45) is 0.753. The molecule has 0 amide bonds. The van der Waals surface area contributed by atoms with Gasteiger partial charge in [-0.1, -0.05) is 19.1 Å². The quantitative estimate of drug-likeness (QED) is 0.808. The van der Waals surface area contributed by atoms with Gasteiger partial charge in [-0.25, -0.2) is 4.39 Å². The van der Waals surface area contributed by atoms with Gasteiger partial charge in [0.05, 0.1) is 0 Å². The van der Waals surface area contributed by atoms with Crippen LogP contribution in [0.3, 0.4) is 0 Å². The highest BCUT2D eigenvalue weighted by molar-refractivity contribution is 5.72. The Morgan fingerprint density at radius 3 is 2.44 bits per heavy atom. The molecule has 1 aromatic rings. The summed E-state index contributed by atoms with van der Waals surface area (Å²) >= 11 is 0. The van der Waals surface area contributed by atoms with Crippen LogP contribution in [0.15, 0.2) is 24.3 Å². The van der Waals surface area contributed by atoms with Crippen LogP contribution in [0.1, 0.15) is 31.9 Å². The zero-order valence-corrected chi connectivity index (χ0v) is 9.40. The van der Waals surface area contributed by atoms with Crippen molar-refractivity contribution >= 4 is 5.97 Å². The van der Waals surface area contributed by atoms with Crippen molar-refractivity contribution in [3.63, 3.8) is 0 Å². The number of carboxylic acids is 1. The molecule has 0 saturated heterocycles. The van der Waals surface area contributed by atoms with Crippen molar-refractivity contribution < 1.29 is 14.3 Å². The minimum Gasteiger partial charge on any atom is -0.480 e. The van der Waals surface area contributed by atoms with Crippen molar-refractivity contribution in [1.82, 2.24) is 5.32 Å². The molecule has 0 radical (unpaired) electrons. The first-order valence-corrected chi connectivity index (χ1v) is 5.29. The minimum absolute atomic E-state index is 0.0632. The third kappa shape index (κ3) is 3.31. The molecular formula is C12H16FNO2. The average molecular weight is 225 g/mol. The van der Waals surface area contributed by atoms with Crippen LogP contribution in [0.2, 0.25) is 0 Å². The van der Waals surface area contributed by atoms with Gasteiger partial charge in [0.1, 0.15) is 11.9 Å². The monoisotopic (exact) mass is 225 g/mol. The molecule has 0 aromatic heterocycles. The Labute approximate surface area is 94.3 Å². The number of aliphatic carboxylic acids is 1. The van der Waals surface area contributed by atoms with E-state index in [4.69, 9.17) is 5.11 Å². The van der Waals surface area contributed by atoms with Crippen LogP contribution < -0.4 is 5.32 Å². The predicted molar refractivity (Wildman–Crippen MR) is 59.7 cm³/mol. The number of carboxylic acid groups (broad SMARTS) is 1. The molecule has 2 N–H and O–H groups in total. The molecule has 1 rings (SSSR count). The number of hydrogen-bond donors (Lipinski definition) is 2. The van der Waals surface area contributed by atoms with Gasteiger partial charge in [-0.15, -0.1) is 0 Å². The van der Waals surface area contributed by atoms with E-state index in [0.717, 1.165) is 12.0 Å². The third-order valence-electron chi connectivity index (χ3n) is 2.50. The predicted octanol–water partition coefficient (Wildman–Crippen LogP) is 2.34. The molecular weight excluding hydrogens is 209 g/mol. The van der Waals surface area contributed by atoms with E-state index in [9.17, 15) is 9.18 Å². The molecule has 2 unspecified atom stereocenters. The molecule has 0 heterocycles. The summed E-state index contributed by atoms with van der Waals surface area (Å²) in [6.45, 7) is 3.55. The average Bonchev–Trinajstić information content (AvgIpc) is 2.26. The standard InChI is InChI=1S/C12H16FNO2/c1-3-11(14-8(2)12(15)16)9-4-6-10(13)7-5-9/h4-8,11,14H,3H2,1-2H3,(H,15,16). The summed E-state index contributed by atoms with van der Waals surface area (Å²) in [7, 11) is 0. The summed E-state index contributed by atoms with van der Waals surface area (Å²) in [4.78, 5) is 10.7. The molecule has 0 saturated carbocycles. The highest BCUT2D eigenvalue weighted by Crippen LogP contribution is 2.17. The van der Waals surface area contributed by atoms with Gasteiger partial charge in [0.25, 0.3) is 0 Å². The van der Waals surface area contributed by atoms with Gasteiger partial charge in [0.15, 0.2) is 0 Å². The highest BCUT2D eigenvalue weighted by atomic mass is 19.1. The number of hydrogen-bond acceptors (Lipinski definition) is 2.